The number of aryl methyl sites for hydroxylation is 6. The lowest BCUT2D eigenvalue weighted by atomic mass is 9.80. The van der Waals surface area contributed by atoms with Crippen LogP contribution >= 0.6 is 0 Å². The lowest BCUT2D eigenvalue weighted by Crippen LogP contribution is -2.03. The fourth-order valence-electron chi connectivity index (χ4n) is 4.56. The van der Waals surface area contributed by atoms with Crippen molar-refractivity contribution >= 4 is 21.5 Å². The molecule has 0 aliphatic rings. The normalized spacial score (nSPS) is 11.8. The van der Waals surface area contributed by atoms with Crippen molar-refractivity contribution in [2.75, 3.05) is 0 Å². The van der Waals surface area contributed by atoms with Crippen molar-refractivity contribution in [2.45, 2.75) is 69.2 Å². The fourth-order valence-corrected chi connectivity index (χ4v) is 4.56. The van der Waals surface area contributed by atoms with Crippen LogP contribution in [0.5, 0.6) is 0 Å². The van der Waals surface area contributed by atoms with Crippen molar-refractivity contribution < 1.29 is 0 Å². The zero-order valence-corrected chi connectivity index (χ0v) is 17.0. The van der Waals surface area contributed by atoms with Crippen LogP contribution in [-0.4, -0.2) is 0 Å². The number of benzene rings is 3. The molecule has 0 fully saturated rings. The van der Waals surface area contributed by atoms with E-state index in [4.69, 9.17) is 0 Å². The summed E-state index contributed by atoms with van der Waals surface area (Å²) in [7, 11) is 0. The van der Waals surface area contributed by atoms with Crippen molar-refractivity contribution in [3.63, 3.8) is 0 Å². The molecule has 0 heteroatoms. The molecule has 3 aromatic rings. The van der Waals surface area contributed by atoms with Crippen molar-refractivity contribution in [3.05, 3.63) is 55.6 Å². The third-order valence-electron chi connectivity index (χ3n) is 6.94. The molecule has 0 aliphatic heterocycles. The molecular formula is C24H30. The molecular weight excluding hydrogens is 288 g/mol. The van der Waals surface area contributed by atoms with E-state index in [1.54, 1.807) is 0 Å². The summed E-state index contributed by atoms with van der Waals surface area (Å²) in [4.78, 5) is 0. The van der Waals surface area contributed by atoms with Crippen LogP contribution in [0.3, 0.4) is 0 Å². The molecule has 24 heavy (non-hydrogen) atoms. The summed E-state index contributed by atoms with van der Waals surface area (Å²) in [5.74, 6) is 0. The largest absolute Gasteiger partial charge is 0.0444 e. The quantitative estimate of drug-likeness (QED) is 0.389. The van der Waals surface area contributed by atoms with E-state index in [1.807, 2.05) is 0 Å². The van der Waals surface area contributed by atoms with Crippen molar-refractivity contribution in [2.24, 2.45) is 0 Å². The Kier molecular flexibility index (Phi) is 3.79. The molecule has 0 saturated heterocycles. The third-order valence-corrected chi connectivity index (χ3v) is 6.94. The van der Waals surface area contributed by atoms with Gasteiger partial charge in [0.2, 0.25) is 0 Å². The highest BCUT2D eigenvalue weighted by atomic mass is 14.2. The third kappa shape index (κ3) is 1.92. The van der Waals surface area contributed by atoms with Gasteiger partial charge >= 0.3 is 0 Å². The van der Waals surface area contributed by atoms with Crippen molar-refractivity contribution in [3.8, 4) is 0 Å². The Labute approximate surface area is 146 Å². The topological polar surface area (TPSA) is 0 Å². The van der Waals surface area contributed by atoms with Crippen LogP contribution in [0, 0.1) is 69.2 Å². The summed E-state index contributed by atoms with van der Waals surface area (Å²) in [5, 5.41) is 5.92. The Morgan fingerprint density at radius 3 is 0.625 bits per heavy atom. The molecule has 0 radical (unpaired) electrons. The first-order chi connectivity index (χ1) is 11.1. The predicted molar refractivity (Wildman–Crippen MR) is 109 cm³/mol. The zero-order chi connectivity index (χ0) is 18.1. The average Bonchev–Trinajstić information content (AvgIpc) is 2.56. The van der Waals surface area contributed by atoms with Crippen molar-refractivity contribution in [1.82, 2.24) is 0 Å². The first kappa shape index (κ1) is 17.0. The fraction of sp³-hybridized carbons (Fsp3) is 0.417. The highest BCUT2D eigenvalue weighted by molar-refractivity contribution is 6.16. The highest BCUT2D eigenvalue weighted by Gasteiger charge is 2.20. The van der Waals surface area contributed by atoms with Gasteiger partial charge in [0, 0.05) is 0 Å². The van der Waals surface area contributed by atoms with Gasteiger partial charge in [0.05, 0.1) is 0 Å². The van der Waals surface area contributed by atoms with E-state index >= 15 is 0 Å². The molecule has 3 rings (SSSR count). The minimum Gasteiger partial charge on any atom is -0.0444 e. The average molecular weight is 319 g/mol. The summed E-state index contributed by atoms with van der Waals surface area (Å²) >= 11 is 0. The van der Waals surface area contributed by atoms with Gasteiger partial charge in [0.15, 0.2) is 0 Å². The van der Waals surface area contributed by atoms with Crippen molar-refractivity contribution in [1.29, 1.82) is 0 Å². The van der Waals surface area contributed by atoms with Crippen LogP contribution in [0.1, 0.15) is 55.6 Å². The summed E-state index contributed by atoms with van der Waals surface area (Å²) in [6.07, 6.45) is 0. The van der Waals surface area contributed by atoms with Gasteiger partial charge < -0.3 is 0 Å². The van der Waals surface area contributed by atoms with E-state index in [9.17, 15) is 0 Å². The molecule has 0 aromatic heterocycles. The molecule has 0 unspecified atom stereocenters. The minimum absolute atomic E-state index is 1.44. The van der Waals surface area contributed by atoms with Crippen LogP contribution in [0.2, 0.25) is 0 Å². The standard InChI is InChI=1S/C24H30/c1-11-13(3)17(7)23-21(15(11)5)19(9)20(10)22-16(6)12(2)14(4)18(8)24(22)23/h1-10H3. The molecule has 3 aromatic carbocycles. The van der Waals surface area contributed by atoms with Gasteiger partial charge in [0.1, 0.15) is 0 Å². The van der Waals surface area contributed by atoms with E-state index in [2.05, 4.69) is 69.2 Å². The number of hydrogen-bond acceptors (Lipinski definition) is 0. The summed E-state index contributed by atoms with van der Waals surface area (Å²) in [6, 6.07) is 0. The molecule has 0 spiro atoms. The second-order valence-corrected chi connectivity index (χ2v) is 7.75. The van der Waals surface area contributed by atoms with Gasteiger partial charge in [-0.25, -0.2) is 0 Å². The Morgan fingerprint density at radius 1 is 0.208 bits per heavy atom. The number of hydrogen-bond donors (Lipinski definition) is 0. The highest BCUT2D eigenvalue weighted by Crippen LogP contribution is 2.42. The molecule has 0 nitrogen and oxygen atoms in total. The summed E-state index contributed by atoms with van der Waals surface area (Å²) in [5.41, 5.74) is 14.5. The van der Waals surface area contributed by atoms with Crippen LogP contribution in [-0.2, 0) is 0 Å². The van der Waals surface area contributed by atoms with Gasteiger partial charge in [-0.1, -0.05) is 0 Å². The van der Waals surface area contributed by atoms with Gasteiger partial charge in [-0.2, -0.15) is 0 Å². The Hall–Kier alpha value is -1.82. The lowest BCUT2D eigenvalue weighted by Gasteiger charge is -2.24. The molecule has 0 bridgehead atoms. The minimum atomic E-state index is 1.44. The Morgan fingerprint density at radius 2 is 0.375 bits per heavy atom. The van der Waals surface area contributed by atoms with Crippen LogP contribution < -0.4 is 0 Å². The number of fused-ring (bicyclic) bond motifs is 3. The smallest absolute Gasteiger partial charge is 0.00649 e. The summed E-state index contributed by atoms with van der Waals surface area (Å²) in [6.45, 7) is 22.9. The van der Waals surface area contributed by atoms with Gasteiger partial charge in [-0.05, 0) is 146 Å². The Bertz CT molecular complexity index is 946. The molecule has 0 aliphatic carbocycles. The molecule has 0 N–H and O–H groups in total. The van der Waals surface area contributed by atoms with Crippen LogP contribution in [0.15, 0.2) is 0 Å². The van der Waals surface area contributed by atoms with Gasteiger partial charge in [0.25, 0.3) is 0 Å². The summed E-state index contributed by atoms with van der Waals surface area (Å²) < 4.78 is 0. The van der Waals surface area contributed by atoms with E-state index in [1.165, 1.54) is 77.2 Å². The maximum Gasteiger partial charge on any atom is -0.00649 e. The Balaban J connectivity index is 2.87. The molecule has 0 heterocycles. The maximum absolute atomic E-state index is 2.31. The predicted octanol–water partition coefficient (Wildman–Crippen LogP) is 7.08. The van der Waals surface area contributed by atoms with Crippen LogP contribution in [0.4, 0.5) is 0 Å². The molecule has 0 amide bonds. The molecule has 126 valence electrons. The van der Waals surface area contributed by atoms with E-state index in [0.717, 1.165) is 0 Å². The van der Waals surface area contributed by atoms with E-state index < -0.39 is 0 Å². The second-order valence-electron chi connectivity index (χ2n) is 7.75. The van der Waals surface area contributed by atoms with E-state index in [-0.39, 0.29) is 0 Å². The second kappa shape index (κ2) is 5.34. The monoisotopic (exact) mass is 318 g/mol. The van der Waals surface area contributed by atoms with Gasteiger partial charge in [-0.15, -0.1) is 0 Å². The first-order valence-corrected chi connectivity index (χ1v) is 9.00. The first-order valence-electron chi connectivity index (χ1n) is 9.00. The van der Waals surface area contributed by atoms with Gasteiger partial charge in [-0.3, -0.25) is 0 Å². The number of rotatable bonds is 0. The SMILES string of the molecule is Cc1c(C)c(C)c2c(c1C)c(C)c(C)c1c(C)c(C)c(C)c(C)c12. The maximum atomic E-state index is 2.31. The van der Waals surface area contributed by atoms with Crippen LogP contribution in [0.25, 0.3) is 21.5 Å². The zero-order valence-electron chi connectivity index (χ0n) is 17.0. The molecule has 0 saturated carbocycles. The lowest BCUT2D eigenvalue weighted by molar-refractivity contribution is 1.22. The molecule has 0 atom stereocenters. The van der Waals surface area contributed by atoms with E-state index in [0.29, 0.717) is 0 Å².